The van der Waals surface area contributed by atoms with Crippen LogP contribution < -0.4 is 5.32 Å². The van der Waals surface area contributed by atoms with Crippen molar-refractivity contribution >= 4 is 13.7 Å². The van der Waals surface area contributed by atoms with E-state index >= 15 is 0 Å². The molecule has 1 aliphatic carbocycles. The fraction of sp³-hybridized carbons (Fsp3) is 0.886. The number of carbonyl (C=O) groups is 1. The number of carbonyl (C=O) groups excluding carboxylic acids is 1. The number of hydrogen-bond donors (Lipinski definition) is 9. The first kappa shape index (κ1) is 54.8. The molecule has 58 heavy (non-hydrogen) atoms. The highest BCUT2D eigenvalue weighted by Gasteiger charge is 2.51. The minimum absolute atomic E-state index is 0.249. The number of aliphatic hydroxyl groups excluding tert-OH is 7. The van der Waals surface area contributed by atoms with E-state index in [0.29, 0.717) is 12.8 Å². The lowest BCUT2D eigenvalue weighted by Crippen LogP contribution is -2.64. The lowest BCUT2D eigenvalue weighted by Gasteiger charge is -2.41. The van der Waals surface area contributed by atoms with E-state index in [1.165, 1.54) is 115 Å². The zero-order valence-electron chi connectivity index (χ0n) is 36.0. The second kappa shape index (κ2) is 34.4. The summed E-state index contributed by atoms with van der Waals surface area (Å²) in [5, 5.41) is 74.3. The smallest absolute Gasteiger partial charge is 0.393 e. The molecule has 0 heterocycles. The molecule has 1 amide bonds. The van der Waals surface area contributed by atoms with Crippen molar-refractivity contribution in [2.45, 2.75) is 242 Å². The number of phosphoric ester groups is 1. The van der Waals surface area contributed by atoms with E-state index in [0.717, 1.165) is 44.9 Å². The average molecular weight is 850 g/mol. The molecule has 0 saturated heterocycles. The Balaban J connectivity index is 2.60. The van der Waals surface area contributed by atoms with Crippen LogP contribution in [0.5, 0.6) is 0 Å². The van der Waals surface area contributed by atoms with Gasteiger partial charge in [-0.15, -0.1) is 0 Å². The second-order valence-electron chi connectivity index (χ2n) is 16.4. The Kier molecular flexibility index (Phi) is 32.5. The minimum atomic E-state index is -5.14. The molecule has 13 nitrogen and oxygen atoms in total. The summed E-state index contributed by atoms with van der Waals surface area (Å²) in [4.78, 5) is 23.4. The van der Waals surface area contributed by atoms with E-state index in [9.17, 15) is 50.0 Å². The fourth-order valence-corrected chi connectivity index (χ4v) is 8.22. The summed E-state index contributed by atoms with van der Waals surface area (Å²) < 4.78 is 22.8. The van der Waals surface area contributed by atoms with Crippen molar-refractivity contribution in [1.29, 1.82) is 0 Å². The van der Waals surface area contributed by atoms with Gasteiger partial charge >= 0.3 is 7.82 Å². The quantitative estimate of drug-likeness (QED) is 0.0172. The normalized spacial score (nSPS) is 24.0. The average Bonchev–Trinajstić information content (AvgIpc) is 3.19. The molecular weight excluding hydrogens is 765 g/mol. The monoisotopic (exact) mass is 850 g/mol. The summed E-state index contributed by atoms with van der Waals surface area (Å²) in [5.74, 6) is -0.602. The van der Waals surface area contributed by atoms with Gasteiger partial charge in [0.15, 0.2) is 0 Å². The van der Waals surface area contributed by atoms with Crippen LogP contribution in [0.3, 0.4) is 0 Å². The Hall–Kier alpha value is -1.22. The van der Waals surface area contributed by atoms with Crippen molar-refractivity contribution in [3.8, 4) is 0 Å². The molecular formula is C44H84NO12P. The van der Waals surface area contributed by atoms with Gasteiger partial charge in [0.25, 0.3) is 0 Å². The summed E-state index contributed by atoms with van der Waals surface area (Å²) >= 11 is 0. The SMILES string of the molecule is CCCCCCCCCCCC/C=C/CC/C=C/C(O)C(COP(=O)(O)OC1C(O)C(O)C(O)C(O)C1O)NC(=O)CC(O)CCCCCCCCCCCCCC. The van der Waals surface area contributed by atoms with Crippen LogP contribution in [-0.2, 0) is 18.4 Å². The van der Waals surface area contributed by atoms with Crippen molar-refractivity contribution < 1.29 is 59.0 Å². The molecule has 1 saturated carbocycles. The number of hydrogen-bond acceptors (Lipinski definition) is 11. The van der Waals surface area contributed by atoms with Gasteiger partial charge in [0.05, 0.1) is 31.3 Å². The number of rotatable bonds is 37. The first-order valence-electron chi connectivity index (χ1n) is 22.9. The molecule has 9 N–H and O–H groups in total. The van der Waals surface area contributed by atoms with Crippen LogP contribution in [0, 0.1) is 0 Å². The highest BCUT2D eigenvalue weighted by Crippen LogP contribution is 2.47. The van der Waals surface area contributed by atoms with Crippen molar-refractivity contribution in [1.82, 2.24) is 5.32 Å². The molecule has 0 aliphatic heterocycles. The fourth-order valence-electron chi connectivity index (χ4n) is 7.26. The standard InChI is InChI=1S/C44H84NO12P/c1-3-5-7-9-11-13-15-17-18-19-20-22-24-26-28-30-32-37(47)36(34-56-58(54,55)57-44-42(52)40(50)39(49)41(51)43(44)53)45-38(48)33-35(46)31-29-27-25-23-21-16-14-12-10-8-6-4-2/h22,24,30,32,35-37,39-44,46-47,49-53H,3-21,23,25-29,31,33-34H2,1-2H3,(H,45,48)(H,54,55)/b24-22+,32-30+. The molecule has 0 spiro atoms. The van der Waals surface area contributed by atoms with E-state index in [1.807, 2.05) is 0 Å². The second-order valence-corrected chi connectivity index (χ2v) is 17.8. The van der Waals surface area contributed by atoms with Gasteiger partial charge in [0.2, 0.25) is 5.91 Å². The highest BCUT2D eigenvalue weighted by molar-refractivity contribution is 7.47. The predicted molar refractivity (Wildman–Crippen MR) is 229 cm³/mol. The van der Waals surface area contributed by atoms with Gasteiger partial charge in [0.1, 0.15) is 36.6 Å². The van der Waals surface area contributed by atoms with Crippen LogP contribution in [-0.4, -0.2) is 108 Å². The Morgan fingerprint density at radius 2 is 1.02 bits per heavy atom. The van der Waals surface area contributed by atoms with Crippen LogP contribution in [0.25, 0.3) is 0 Å². The number of nitrogens with one attached hydrogen (secondary N) is 1. The van der Waals surface area contributed by atoms with E-state index in [4.69, 9.17) is 9.05 Å². The van der Waals surface area contributed by atoms with Gasteiger partial charge < -0.3 is 46.0 Å². The van der Waals surface area contributed by atoms with Crippen molar-refractivity contribution in [2.24, 2.45) is 0 Å². The molecule has 14 heteroatoms. The maximum absolute atomic E-state index is 13.0. The molecule has 0 bridgehead atoms. The third kappa shape index (κ3) is 26.2. The Bertz CT molecular complexity index is 1100. The lowest BCUT2D eigenvalue weighted by atomic mass is 9.85. The summed E-state index contributed by atoms with van der Waals surface area (Å²) in [6.07, 6.45) is 22.7. The van der Waals surface area contributed by atoms with Gasteiger partial charge in [-0.1, -0.05) is 173 Å². The third-order valence-corrected chi connectivity index (χ3v) is 12.0. The Labute approximate surface area is 350 Å². The summed E-state index contributed by atoms with van der Waals surface area (Å²) in [6, 6.07) is -1.25. The molecule has 1 fully saturated rings. The first-order valence-corrected chi connectivity index (χ1v) is 24.4. The summed E-state index contributed by atoms with van der Waals surface area (Å²) in [6.45, 7) is 3.71. The number of allylic oxidation sites excluding steroid dienone is 3. The van der Waals surface area contributed by atoms with E-state index < -0.39 is 75.2 Å². The number of aliphatic hydroxyl groups is 7. The van der Waals surface area contributed by atoms with E-state index in [1.54, 1.807) is 6.08 Å². The van der Waals surface area contributed by atoms with Crippen LogP contribution in [0.1, 0.15) is 187 Å². The summed E-state index contributed by atoms with van der Waals surface area (Å²) in [5.41, 5.74) is 0. The zero-order valence-corrected chi connectivity index (χ0v) is 36.9. The highest BCUT2D eigenvalue weighted by atomic mass is 31.2. The molecule has 8 atom stereocenters. The minimum Gasteiger partial charge on any atom is -0.393 e. The zero-order chi connectivity index (χ0) is 43.0. The maximum Gasteiger partial charge on any atom is 0.472 e. The van der Waals surface area contributed by atoms with Gasteiger partial charge in [-0.2, -0.15) is 0 Å². The number of phosphoric acid groups is 1. The van der Waals surface area contributed by atoms with Crippen molar-refractivity contribution in [3.63, 3.8) is 0 Å². The molecule has 342 valence electrons. The molecule has 0 aromatic rings. The van der Waals surface area contributed by atoms with E-state index in [-0.39, 0.29) is 6.42 Å². The van der Waals surface area contributed by atoms with Gasteiger partial charge in [-0.3, -0.25) is 13.8 Å². The topological polar surface area (TPSA) is 226 Å². The molecule has 1 aliphatic rings. The van der Waals surface area contributed by atoms with Crippen LogP contribution in [0.2, 0.25) is 0 Å². The van der Waals surface area contributed by atoms with Gasteiger partial charge in [-0.25, -0.2) is 4.57 Å². The summed E-state index contributed by atoms with van der Waals surface area (Å²) in [7, 11) is -5.14. The number of amides is 1. The van der Waals surface area contributed by atoms with Gasteiger partial charge in [0, 0.05) is 0 Å². The number of unbranched alkanes of at least 4 members (excludes halogenated alkanes) is 22. The molecule has 0 radical (unpaired) electrons. The van der Waals surface area contributed by atoms with E-state index in [2.05, 4.69) is 31.3 Å². The molecule has 0 aromatic heterocycles. The largest absolute Gasteiger partial charge is 0.472 e. The van der Waals surface area contributed by atoms with Crippen molar-refractivity contribution in [3.05, 3.63) is 24.3 Å². The maximum atomic E-state index is 13.0. The van der Waals surface area contributed by atoms with Crippen LogP contribution >= 0.6 is 7.82 Å². The predicted octanol–water partition coefficient (Wildman–Crippen LogP) is 7.20. The molecule has 1 rings (SSSR count). The van der Waals surface area contributed by atoms with Crippen molar-refractivity contribution in [2.75, 3.05) is 6.61 Å². The van der Waals surface area contributed by atoms with Gasteiger partial charge in [-0.05, 0) is 32.1 Å². The first-order chi connectivity index (χ1) is 27.8. The molecule has 8 unspecified atom stereocenters. The third-order valence-electron chi connectivity index (χ3n) is 11.0. The molecule has 0 aromatic carbocycles. The lowest BCUT2D eigenvalue weighted by molar-refractivity contribution is -0.220. The van der Waals surface area contributed by atoms with Crippen LogP contribution in [0.4, 0.5) is 0 Å². The Morgan fingerprint density at radius 3 is 1.52 bits per heavy atom. The Morgan fingerprint density at radius 1 is 0.603 bits per heavy atom. The van der Waals surface area contributed by atoms with Crippen LogP contribution in [0.15, 0.2) is 24.3 Å².